The monoisotopic (exact) mass is 568 g/mol. The lowest BCUT2D eigenvalue weighted by Crippen LogP contribution is -2.14. The molecule has 0 bridgehead atoms. The van der Waals surface area contributed by atoms with Crippen LogP contribution in [0.15, 0.2) is 82.8 Å². The molecular formula is C40H60N2. The molecule has 0 atom stereocenters. The zero-order valence-corrected chi connectivity index (χ0v) is 27.6. The van der Waals surface area contributed by atoms with Crippen LogP contribution in [0.1, 0.15) is 142 Å². The van der Waals surface area contributed by atoms with Crippen molar-refractivity contribution in [3.63, 3.8) is 0 Å². The minimum Gasteiger partial charge on any atom is -0.252 e. The van der Waals surface area contributed by atoms with E-state index in [4.69, 9.17) is 9.98 Å². The van der Waals surface area contributed by atoms with Gasteiger partial charge in [-0.2, -0.15) is 0 Å². The van der Waals surface area contributed by atoms with E-state index in [1.165, 1.54) is 99.6 Å². The fourth-order valence-corrected chi connectivity index (χ4v) is 5.06. The number of benzene rings is 2. The Balaban J connectivity index is 2.25. The molecule has 0 aromatic heterocycles. The van der Waals surface area contributed by atoms with Crippen molar-refractivity contribution in [1.82, 2.24) is 0 Å². The molecule has 0 aliphatic rings. The van der Waals surface area contributed by atoms with Gasteiger partial charge in [0.2, 0.25) is 0 Å². The number of hydrogen-bond acceptors (Lipinski definition) is 2. The minimum absolute atomic E-state index is 0.999. The van der Waals surface area contributed by atoms with Crippen molar-refractivity contribution < 1.29 is 0 Å². The number of allylic oxidation sites excluding steroid dienone is 4. The number of rotatable bonds is 23. The summed E-state index contributed by atoms with van der Waals surface area (Å²) in [5, 5.41) is 0. The van der Waals surface area contributed by atoms with Crippen molar-refractivity contribution in [1.29, 1.82) is 0 Å². The summed E-state index contributed by atoms with van der Waals surface area (Å²) in [7, 11) is 0. The van der Waals surface area contributed by atoms with Gasteiger partial charge in [0.1, 0.15) is 0 Å². The smallest absolute Gasteiger partial charge is 0.0633 e. The van der Waals surface area contributed by atoms with E-state index in [0.717, 1.165) is 49.9 Å². The molecule has 0 saturated carbocycles. The molecule has 0 unspecified atom stereocenters. The lowest BCUT2D eigenvalue weighted by molar-refractivity contribution is 0.678. The summed E-state index contributed by atoms with van der Waals surface area (Å²) in [6.07, 6.45) is 30.4. The molecule has 2 nitrogen and oxygen atoms in total. The third-order valence-corrected chi connectivity index (χ3v) is 7.71. The number of aryl methyl sites for hydroxylation is 2. The Morgan fingerprint density at radius 3 is 1.19 bits per heavy atom. The highest BCUT2D eigenvalue weighted by Crippen LogP contribution is 2.21. The first-order valence-electron chi connectivity index (χ1n) is 17.3. The van der Waals surface area contributed by atoms with Gasteiger partial charge in [0.15, 0.2) is 0 Å². The number of hydrogen-bond donors (Lipinski definition) is 0. The maximum atomic E-state index is 5.26. The molecule has 0 fully saturated rings. The predicted molar refractivity (Wildman–Crippen MR) is 189 cm³/mol. The van der Waals surface area contributed by atoms with Gasteiger partial charge in [0.25, 0.3) is 0 Å². The van der Waals surface area contributed by atoms with E-state index < -0.39 is 0 Å². The van der Waals surface area contributed by atoms with Crippen molar-refractivity contribution >= 4 is 22.8 Å². The van der Waals surface area contributed by atoms with Crippen molar-refractivity contribution in [2.45, 2.75) is 143 Å². The van der Waals surface area contributed by atoms with Crippen LogP contribution in [-0.4, -0.2) is 11.4 Å². The van der Waals surface area contributed by atoms with Gasteiger partial charge >= 0.3 is 0 Å². The molecule has 0 heterocycles. The van der Waals surface area contributed by atoms with Crippen LogP contribution in [0.3, 0.4) is 0 Å². The van der Waals surface area contributed by atoms with Gasteiger partial charge in [0.05, 0.1) is 22.8 Å². The molecule has 0 amide bonds. The molecule has 2 aromatic carbocycles. The Bertz CT molecular complexity index is 966. The lowest BCUT2D eigenvalue weighted by Gasteiger charge is -2.12. The Hall–Kier alpha value is -2.74. The number of nitrogens with zero attached hydrogens (tertiary/aromatic N) is 2. The van der Waals surface area contributed by atoms with Crippen LogP contribution in [0.4, 0.5) is 11.4 Å². The van der Waals surface area contributed by atoms with Crippen LogP contribution in [0.25, 0.3) is 0 Å². The van der Waals surface area contributed by atoms with Crippen molar-refractivity contribution in [3.05, 3.63) is 84.0 Å². The van der Waals surface area contributed by atoms with Gasteiger partial charge in [-0.3, -0.25) is 9.98 Å². The second-order valence-electron chi connectivity index (χ2n) is 11.7. The van der Waals surface area contributed by atoms with Crippen molar-refractivity contribution in [2.75, 3.05) is 0 Å². The van der Waals surface area contributed by atoms with Gasteiger partial charge in [-0.1, -0.05) is 128 Å². The molecule has 0 N–H and O–H groups in total. The molecule has 2 heteroatoms. The van der Waals surface area contributed by atoms with Gasteiger partial charge in [-0.25, -0.2) is 0 Å². The quantitative estimate of drug-likeness (QED) is 0.0723. The van der Waals surface area contributed by atoms with E-state index >= 15 is 0 Å². The second kappa shape index (κ2) is 23.8. The molecule has 0 aliphatic carbocycles. The van der Waals surface area contributed by atoms with Crippen molar-refractivity contribution in [2.24, 2.45) is 9.98 Å². The van der Waals surface area contributed by atoms with Crippen LogP contribution < -0.4 is 0 Å². The van der Waals surface area contributed by atoms with Crippen molar-refractivity contribution in [3.8, 4) is 0 Å². The standard InChI is InChI=1S/C40H60N2/c1-5-9-13-17-19-23-35-27-31-37(32-28-35)41-39(25-21-15-11-7-3)40(26-22-16-12-8-4)42-38-33-29-36(30-34-38)24-20-18-14-10-6-2/h13-14,17-18,27-34H,5-12,15-16,19-26H2,1-4H3/b17-13+,18-14+,41-39?,42-40?. The Morgan fingerprint density at radius 2 is 0.833 bits per heavy atom. The van der Waals surface area contributed by atoms with Crippen LogP contribution in [0.5, 0.6) is 0 Å². The number of unbranched alkanes of at least 4 members (excludes halogenated alkanes) is 8. The maximum absolute atomic E-state index is 5.26. The molecule has 42 heavy (non-hydrogen) atoms. The Labute approximate surface area is 259 Å². The summed E-state index contributed by atoms with van der Waals surface area (Å²) < 4.78 is 0. The third-order valence-electron chi connectivity index (χ3n) is 7.71. The second-order valence-corrected chi connectivity index (χ2v) is 11.7. The molecule has 0 radical (unpaired) electrons. The summed E-state index contributed by atoms with van der Waals surface area (Å²) in [6.45, 7) is 9.02. The van der Waals surface area contributed by atoms with E-state index in [-0.39, 0.29) is 0 Å². The zero-order chi connectivity index (χ0) is 30.1. The van der Waals surface area contributed by atoms with Crippen LogP contribution in [0, 0.1) is 0 Å². The van der Waals surface area contributed by atoms with E-state index in [9.17, 15) is 0 Å². The molecule has 0 saturated heterocycles. The molecule has 2 aromatic rings. The summed E-state index contributed by atoms with van der Waals surface area (Å²) in [4.78, 5) is 10.5. The Kier molecular flexibility index (Phi) is 20.1. The number of aliphatic imine (C=N–C) groups is 2. The van der Waals surface area contributed by atoms with E-state index in [1.807, 2.05) is 0 Å². The van der Waals surface area contributed by atoms with E-state index in [0.29, 0.717) is 0 Å². The zero-order valence-electron chi connectivity index (χ0n) is 27.6. The maximum Gasteiger partial charge on any atom is 0.0633 e. The fraction of sp³-hybridized carbons (Fsp3) is 0.550. The summed E-state index contributed by atoms with van der Waals surface area (Å²) in [6, 6.07) is 17.9. The third kappa shape index (κ3) is 16.0. The molecule has 2 rings (SSSR count). The minimum atomic E-state index is 0.999. The molecule has 230 valence electrons. The summed E-state index contributed by atoms with van der Waals surface area (Å²) in [5.41, 5.74) is 7.24. The first-order chi connectivity index (χ1) is 20.7. The lowest BCUT2D eigenvalue weighted by atomic mass is 10.0. The SMILES string of the molecule is CCC/C=C/CCc1ccc(N=C(CCCCCC)C(CCCCCC)=Nc2ccc(CC/C=C/CCC)cc2)cc1. The molecular weight excluding hydrogens is 508 g/mol. The topological polar surface area (TPSA) is 24.7 Å². The van der Waals surface area contributed by atoms with Crippen LogP contribution in [-0.2, 0) is 12.8 Å². The first-order valence-corrected chi connectivity index (χ1v) is 17.3. The van der Waals surface area contributed by atoms with Gasteiger partial charge in [-0.15, -0.1) is 0 Å². The average molecular weight is 569 g/mol. The largest absolute Gasteiger partial charge is 0.252 e. The van der Waals surface area contributed by atoms with Crippen LogP contribution >= 0.6 is 0 Å². The first kappa shape index (κ1) is 35.5. The van der Waals surface area contributed by atoms with E-state index in [2.05, 4.69) is 101 Å². The normalized spacial score (nSPS) is 12.7. The molecule has 0 spiro atoms. The average Bonchev–Trinajstić information content (AvgIpc) is 3.01. The highest BCUT2D eigenvalue weighted by molar-refractivity contribution is 6.43. The highest BCUT2D eigenvalue weighted by Gasteiger charge is 2.11. The van der Waals surface area contributed by atoms with Crippen LogP contribution in [0.2, 0.25) is 0 Å². The Morgan fingerprint density at radius 1 is 0.452 bits per heavy atom. The van der Waals surface area contributed by atoms with Gasteiger partial charge in [-0.05, 0) is 99.6 Å². The predicted octanol–water partition coefficient (Wildman–Crippen LogP) is 13.1. The fourth-order valence-electron chi connectivity index (χ4n) is 5.06. The molecule has 0 aliphatic heterocycles. The summed E-state index contributed by atoms with van der Waals surface area (Å²) in [5.74, 6) is 0. The van der Waals surface area contributed by atoms with Gasteiger partial charge in [0, 0.05) is 0 Å². The highest BCUT2D eigenvalue weighted by atomic mass is 14.8. The summed E-state index contributed by atoms with van der Waals surface area (Å²) >= 11 is 0. The van der Waals surface area contributed by atoms with E-state index in [1.54, 1.807) is 0 Å². The van der Waals surface area contributed by atoms with Gasteiger partial charge < -0.3 is 0 Å².